The third-order valence-electron chi connectivity index (χ3n) is 2.99. The Hall–Kier alpha value is -0.0500. The Balaban J connectivity index is 2.36. The van der Waals surface area contributed by atoms with E-state index in [2.05, 4.69) is 22.9 Å². The van der Waals surface area contributed by atoms with Crippen LogP contribution < -0.4 is 5.73 Å². The summed E-state index contributed by atoms with van der Waals surface area (Å²) in [5, 5.41) is 0.740. The number of benzene rings is 1. The fraction of sp³-hybridized carbons (Fsp3) is 0.571. The second-order valence-corrected chi connectivity index (χ2v) is 5.74. The van der Waals surface area contributed by atoms with Crippen LogP contribution in [-0.4, -0.2) is 0 Å². The van der Waals surface area contributed by atoms with Gasteiger partial charge in [-0.25, -0.2) is 0 Å². The second kappa shape index (κ2) is 8.12. The van der Waals surface area contributed by atoms with Crippen molar-refractivity contribution < 1.29 is 0 Å². The van der Waals surface area contributed by atoms with Gasteiger partial charge in [0.2, 0.25) is 0 Å². The molecule has 1 nitrogen and oxygen atoms in total. The van der Waals surface area contributed by atoms with Crippen LogP contribution in [0.3, 0.4) is 0 Å². The van der Waals surface area contributed by atoms with Crippen molar-refractivity contribution in [1.29, 1.82) is 0 Å². The molecule has 1 rings (SSSR count). The molecule has 0 fully saturated rings. The fourth-order valence-electron chi connectivity index (χ4n) is 1.88. The molecule has 0 saturated heterocycles. The summed E-state index contributed by atoms with van der Waals surface area (Å²) < 4.78 is 0.929. The summed E-state index contributed by atoms with van der Waals surface area (Å²) in [4.78, 5) is 0. The molecule has 2 N–H and O–H groups in total. The number of rotatable bonds is 7. The van der Waals surface area contributed by atoms with Crippen LogP contribution in [0.1, 0.15) is 57.1 Å². The first kappa shape index (κ1) is 15.0. The molecule has 0 heterocycles. The zero-order valence-corrected chi connectivity index (χ0v) is 12.7. The molecule has 1 aromatic carbocycles. The molecular weight excluding hydrogens is 298 g/mol. The number of halogens is 2. The first-order valence-electron chi connectivity index (χ1n) is 6.35. The Morgan fingerprint density at radius 3 is 2.59 bits per heavy atom. The smallest absolute Gasteiger partial charge is 0.0548 e. The van der Waals surface area contributed by atoms with Crippen molar-refractivity contribution in [2.45, 2.75) is 51.5 Å². The SMILES string of the molecule is CCCCCCCC(N)c1ccc(Cl)c(Br)c1. The Bertz CT molecular complexity index is 341. The maximum absolute atomic E-state index is 6.16. The van der Waals surface area contributed by atoms with Gasteiger partial charge in [-0.05, 0) is 40.0 Å². The van der Waals surface area contributed by atoms with Crippen molar-refractivity contribution in [2.75, 3.05) is 0 Å². The van der Waals surface area contributed by atoms with Gasteiger partial charge in [0.15, 0.2) is 0 Å². The van der Waals surface area contributed by atoms with Crippen molar-refractivity contribution in [3.05, 3.63) is 33.3 Å². The van der Waals surface area contributed by atoms with Crippen molar-refractivity contribution in [2.24, 2.45) is 5.73 Å². The predicted molar refractivity (Wildman–Crippen MR) is 79.5 cm³/mol. The Morgan fingerprint density at radius 2 is 1.94 bits per heavy atom. The van der Waals surface area contributed by atoms with E-state index in [9.17, 15) is 0 Å². The molecule has 1 atom stereocenters. The Kier molecular flexibility index (Phi) is 7.17. The maximum Gasteiger partial charge on any atom is 0.0548 e. The zero-order valence-electron chi connectivity index (χ0n) is 10.4. The van der Waals surface area contributed by atoms with Crippen LogP contribution in [0.25, 0.3) is 0 Å². The molecular formula is C14H21BrClN. The minimum absolute atomic E-state index is 0.130. The third kappa shape index (κ3) is 5.41. The molecule has 0 radical (unpaired) electrons. The van der Waals surface area contributed by atoms with Crippen LogP contribution in [0.4, 0.5) is 0 Å². The summed E-state index contributed by atoms with van der Waals surface area (Å²) in [6, 6.07) is 6.08. The lowest BCUT2D eigenvalue weighted by Crippen LogP contribution is -2.10. The van der Waals surface area contributed by atoms with Crippen molar-refractivity contribution >= 4 is 27.5 Å². The molecule has 3 heteroatoms. The topological polar surface area (TPSA) is 26.0 Å². The van der Waals surface area contributed by atoms with Crippen molar-refractivity contribution in [3.63, 3.8) is 0 Å². The molecule has 17 heavy (non-hydrogen) atoms. The van der Waals surface area contributed by atoms with E-state index in [1.54, 1.807) is 0 Å². The van der Waals surface area contributed by atoms with Gasteiger partial charge in [-0.2, -0.15) is 0 Å². The van der Waals surface area contributed by atoms with E-state index in [0.717, 1.165) is 21.5 Å². The molecule has 0 aromatic heterocycles. The van der Waals surface area contributed by atoms with Gasteiger partial charge in [0, 0.05) is 10.5 Å². The second-order valence-electron chi connectivity index (χ2n) is 4.48. The summed E-state index contributed by atoms with van der Waals surface area (Å²) in [6.07, 6.45) is 7.50. The summed E-state index contributed by atoms with van der Waals surface area (Å²) in [6.45, 7) is 2.23. The monoisotopic (exact) mass is 317 g/mol. The molecule has 0 saturated carbocycles. The molecule has 96 valence electrons. The number of hydrogen-bond acceptors (Lipinski definition) is 1. The maximum atomic E-state index is 6.16. The zero-order chi connectivity index (χ0) is 12.7. The van der Waals surface area contributed by atoms with Crippen molar-refractivity contribution in [1.82, 2.24) is 0 Å². The van der Waals surface area contributed by atoms with Crippen LogP contribution >= 0.6 is 27.5 Å². The minimum atomic E-state index is 0.130. The highest BCUT2D eigenvalue weighted by Gasteiger charge is 2.07. The normalized spacial score (nSPS) is 12.7. The lowest BCUT2D eigenvalue weighted by Gasteiger charge is -2.12. The molecule has 0 aliphatic carbocycles. The van der Waals surface area contributed by atoms with E-state index in [0.29, 0.717) is 0 Å². The highest BCUT2D eigenvalue weighted by molar-refractivity contribution is 9.10. The Labute approximate surface area is 118 Å². The van der Waals surface area contributed by atoms with E-state index in [1.165, 1.54) is 32.1 Å². The van der Waals surface area contributed by atoms with Gasteiger partial charge in [-0.3, -0.25) is 0 Å². The summed E-state index contributed by atoms with van der Waals surface area (Å²) in [5.74, 6) is 0. The molecule has 0 bridgehead atoms. The lowest BCUT2D eigenvalue weighted by molar-refractivity contribution is 0.555. The average molecular weight is 319 g/mol. The first-order chi connectivity index (χ1) is 8.15. The van der Waals surface area contributed by atoms with Crippen LogP contribution in [0.15, 0.2) is 22.7 Å². The van der Waals surface area contributed by atoms with Crippen molar-refractivity contribution in [3.8, 4) is 0 Å². The third-order valence-corrected chi connectivity index (χ3v) is 4.20. The van der Waals surface area contributed by atoms with Gasteiger partial charge in [0.05, 0.1) is 5.02 Å². The van der Waals surface area contributed by atoms with E-state index in [4.69, 9.17) is 17.3 Å². The van der Waals surface area contributed by atoms with E-state index in [1.807, 2.05) is 18.2 Å². The predicted octanol–water partition coefficient (Wildman–Crippen LogP) is 5.46. The van der Waals surface area contributed by atoms with Gasteiger partial charge >= 0.3 is 0 Å². The number of nitrogens with two attached hydrogens (primary N) is 1. The average Bonchev–Trinajstić information content (AvgIpc) is 2.32. The standard InChI is InChI=1S/C14H21BrClN/c1-2-3-4-5-6-7-14(17)11-8-9-13(16)12(15)10-11/h8-10,14H,2-7,17H2,1H3. The summed E-state index contributed by atoms with van der Waals surface area (Å²) in [5.41, 5.74) is 7.33. The van der Waals surface area contributed by atoms with Gasteiger partial charge in [0.25, 0.3) is 0 Å². The largest absolute Gasteiger partial charge is 0.324 e. The van der Waals surface area contributed by atoms with E-state index < -0.39 is 0 Å². The number of unbranched alkanes of at least 4 members (excludes halogenated alkanes) is 4. The highest BCUT2D eigenvalue weighted by atomic mass is 79.9. The van der Waals surface area contributed by atoms with E-state index in [-0.39, 0.29) is 6.04 Å². The fourth-order valence-corrected chi connectivity index (χ4v) is 2.39. The molecule has 0 aliphatic rings. The quantitative estimate of drug-likeness (QED) is 0.663. The highest BCUT2D eigenvalue weighted by Crippen LogP contribution is 2.27. The van der Waals surface area contributed by atoms with Crippen LogP contribution in [0.2, 0.25) is 5.02 Å². The van der Waals surface area contributed by atoms with E-state index >= 15 is 0 Å². The first-order valence-corrected chi connectivity index (χ1v) is 7.52. The van der Waals surface area contributed by atoms with Crippen LogP contribution in [-0.2, 0) is 0 Å². The van der Waals surface area contributed by atoms with Gasteiger partial charge < -0.3 is 5.73 Å². The lowest BCUT2D eigenvalue weighted by atomic mass is 10.0. The van der Waals surface area contributed by atoms with Gasteiger partial charge in [0.1, 0.15) is 0 Å². The molecule has 0 amide bonds. The van der Waals surface area contributed by atoms with Gasteiger partial charge in [-0.15, -0.1) is 0 Å². The van der Waals surface area contributed by atoms with Gasteiger partial charge in [-0.1, -0.05) is 56.7 Å². The van der Waals surface area contributed by atoms with Crippen LogP contribution in [0.5, 0.6) is 0 Å². The summed E-state index contributed by atoms with van der Waals surface area (Å²) >= 11 is 9.39. The molecule has 1 unspecified atom stereocenters. The summed E-state index contributed by atoms with van der Waals surface area (Å²) in [7, 11) is 0. The Morgan fingerprint density at radius 1 is 1.24 bits per heavy atom. The van der Waals surface area contributed by atoms with Crippen LogP contribution in [0, 0.1) is 0 Å². The minimum Gasteiger partial charge on any atom is -0.324 e. The molecule has 1 aromatic rings. The molecule has 0 aliphatic heterocycles. The molecule has 0 spiro atoms. The number of hydrogen-bond donors (Lipinski definition) is 1.